The van der Waals surface area contributed by atoms with Gasteiger partial charge in [0.25, 0.3) is 5.56 Å². The van der Waals surface area contributed by atoms with E-state index in [4.69, 9.17) is 4.74 Å². The number of hydrogen-bond acceptors (Lipinski definition) is 4. The van der Waals surface area contributed by atoms with Crippen molar-refractivity contribution < 1.29 is 9.13 Å². The highest BCUT2D eigenvalue weighted by Crippen LogP contribution is 2.34. The van der Waals surface area contributed by atoms with Crippen molar-refractivity contribution in [2.24, 2.45) is 0 Å². The highest BCUT2D eigenvalue weighted by atomic mass is 19.1. The first-order chi connectivity index (χ1) is 15.6. The van der Waals surface area contributed by atoms with Crippen molar-refractivity contribution in [2.75, 3.05) is 33.4 Å². The quantitative estimate of drug-likeness (QED) is 0.523. The highest BCUT2D eigenvalue weighted by molar-refractivity contribution is 5.80. The van der Waals surface area contributed by atoms with Crippen molar-refractivity contribution in [2.45, 2.75) is 38.3 Å². The van der Waals surface area contributed by atoms with Gasteiger partial charge in [0.05, 0.1) is 12.6 Å². The number of rotatable bonds is 8. The van der Waals surface area contributed by atoms with Gasteiger partial charge in [-0.2, -0.15) is 0 Å². The molecule has 2 aromatic carbocycles. The van der Waals surface area contributed by atoms with Gasteiger partial charge in [-0.3, -0.25) is 9.69 Å². The molecule has 1 unspecified atom stereocenters. The molecule has 32 heavy (non-hydrogen) atoms. The highest BCUT2D eigenvalue weighted by Gasteiger charge is 2.29. The number of nitrogens with zero attached hydrogens (tertiary/aromatic N) is 1. The lowest BCUT2D eigenvalue weighted by Gasteiger charge is -2.38. The number of H-pyrrole nitrogens is 1. The average Bonchev–Trinajstić information content (AvgIpc) is 2.81. The van der Waals surface area contributed by atoms with Crippen LogP contribution in [-0.2, 0) is 11.2 Å². The standard InChI is InChI=1S/C26H32FN3O2/c1-3-18-16-20-17-19(8-9-24(20)29-26(18)31)25(22-6-4-5-7-23(22)27)30-13-10-21(11-14-30)28-12-15-32-2/h4-9,16-17,21,25,28H,3,10-15H2,1-2H3,(H,29,31). The maximum atomic E-state index is 14.9. The van der Waals surface area contributed by atoms with E-state index in [9.17, 15) is 9.18 Å². The number of halogens is 1. The first-order valence-electron chi connectivity index (χ1n) is 11.5. The summed E-state index contributed by atoms with van der Waals surface area (Å²) in [6, 6.07) is 15.4. The number of likely N-dealkylation sites (tertiary alicyclic amines) is 1. The number of methoxy groups -OCH3 is 1. The minimum Gasteiger partial charge on any atom is -0.383 e. The molecule has 170 valence electrons. The third-order valence-corrected chi connectivity index (χ3v) is 6.48. The number of ether oxygens (including phenoxy) is 1. The summed E-state index contributed by atoms with van der Waals surface area (Å²) < 4.78 is 20.1. The van der Waals surface area contributed by atoms with Gasteiger partial charge in [0.1, 0.15) is 5.82 Å². The molecule has 1 saturated heterocycles. The molecule has 3 aromatic rings. The van der Waals surface area contributed by atoms with E-state index < -0.39 is 0 Å². The average molecular weight is 438 g/mol. The van der Waals surface area contributed by atoms with Crippen molar-refractivity contribution >= 4 is 10.9 Å². The SMILES string of the molecule is CCc1cc2cc(C(c3ccccc3F)N3CCC(NCCOC)CC3)ccc2[nH]c1=O. The van der Waals surface area contributed by atoms with Crippen molar-refractivity contribution in [1.29, 1.82) is 0 Å². The van der Waals surface area contributed by atoms with Gasteiger partial charge >= 0.3 is 0 Å². The Labute approximate surface area is 188 Å². The summed E-state index contributed by atoms with van der Waals surface area (Å²) in [6.45, 7) is 5.30. The Morgan fingerprint density at radius 3 is 2.69 bits per heavy atom. The van der Waals surface area contributed by atoms with Gasteiger partial charge in [0.15, 0.2) is 0 Å². The first-order valence-corrected chi connectivity index (χ1v) is 11.5. The van der Waals surface area contributed by atoms with Crippen LogP contribution in [0, 0.1) is 5.82 Å². The summed E-state index contributed by atoms with van der Waals surface area (Å²) in [6.07, 6.45) is 2.70. The van der Waals surface area contributed by atoms with Crippen LogP contribution in [0.15, 0.2) is 53.3 Å². The second kappa shape index (κ2) is 10.4. The molecule has 1 aromatic heterocycles. The van der Waals surface area contributed by atoms with Crippen LogP contribution in [0.3, 0.4) is 0 Å². The summed E-state index contributed by atoms with van der Waals surface area (Å²) >= 11 is 0. The summed E-state index contributed by atoms with van der Waals surface area (Å²) in [4.78, 5) is 17.5. The molecule has 1 fully saturated rings. The van der Waals surface area contributed by atoms with Crippen molar-refractivity contribution in [3.63, 3.8) is 0 Å². The lowest BCUT2D eigenvalue weighted by Crippen LogP contribution is -2.45. The molecule has 1 aliphatic heterocycles. The van der Waals surface area contributed by atoms with E-state index in [0.717, 1.165) is 54.5 Å². The van der Waals surface area contributed by atoms with Gasteiger partial charge in [0, 0.05) is 49.4 Å². The van der Waals surface area contributed by atoms with Crippen molar-refractivity contribution in [3.05, 3.63) is 81.4 Å². The van der Waals surface area contributed by atoms with Crippen molar-refractivity contribution in [1.82, 2.24) is 15.2 Å². The Morgan fingerprint density at radius 1 is 1.19 bits per heavy atom. The molecule has 0 spiro atoms. The second-order valence-electron chi connectivity index (χ2n) is 8.51. The normalized spacial score (nSPS) is 16.5. The fourth-order valence-corrected chi connectivity index (χ4v) is 4.71. The number of pyridine rings is 1. The molecule has 0 aliphatic carbocycles. The maximum absolute atomic E-state index is 14.9. The zero-order valence-corrected chi connectivity index (χ0v) is 18.9. The third kappa shape index (κ3) is 4.93. The molecule has 6 heteroatoms. The monoisotopic (exact) mass is 437 g/mol. The Balaban J connectivity index is 1.66. The molecule has 2 N–H and O–H groups in total. The first kappa shape index (κ1) is 22.6. The molecule has 1 aliphatic rings. The predicted molar refractivity (Wildman–Crippen MR) is 127 cm³/mol. The van der Waals surface area contributed by atoms with Gasteiger partial charge in [-0.1, -0.05) is 31.2 Å². The Bertz CT molecular complexity index is 1110. The van der Waals surface area contributed by atoms with E-state index in [0.29, 0.717) is 24.6 Å². The summed E-state index contributed by atoms with van der Waals surface area (Å²) in [5.41, 5.74) is 3.27. The van der Waals surface area contributed by atoms with Gasteiger partial charge in [-0.25, -0.2) is 4.39 Å². The molecule has 2 heterocycles. The van der Waals surface area contributed by atoms with Crippen LogP contribution >= 0.6 is 0 Å². The van der Waals surface area contributed by atoms with Crippen LogP contribution in [0.2, 0.25) is 0 Å². The molecule has 0 saturated carbocycles. The van der Waals surface area contributed by atoms with E-state index in [2.05, 4.69) is 21.3 Å². The molecular formula is C26H32FN3O2. The molecule has 0 amide bonds. The third-order valence-electron chi connectivity index (χ3n) is 6.48. The lowest BCUT2D eigenvalue weighted by atomic mass is 9.92. The van der Waals surface area contributed by atoms with E-state index in [-0.39, 0.29) is 17.4 Å². The van der Waals surface area contributed by atoms with E-state index in [1.54, 1.807) is 13.2 Å². The second-order valence-corrected chi connectivity index (χ2v) is 8.51. The smallest absolute Gasteiger partial charge is 0.251 e. The number of aromatic nitrogens is 1. The number of aromatic amines is 1. The van der Waals surface area contributed by atoms with Gasteiger partial charge in [0.2, 0.25) is 0 Å². The van der Waals surface area contributed by atoms with Crippen LogP contribution in [0.4, 0.5) is 4.39 Å². The topological polar surface area (TPSA) is 57.4 Å². The number of benzene rings is 2. The molecule has 0 radical (unpaired) electrons. The summed E-state index contributed by atoms with van der Waals surface area (Å²) in [7, 11) is 1.71. The fraction of sp³-hybridized carbons (Fsp3) is 0.423. The van der Waals surface area contributed by atoms with Gasteiger partial charge < -0.3 is 15.0 Å². The maximum Gasteiger partial charge on any atom is 0.251 e. The molecule has 0 bridgehead atoms. The van der Waals surface area contributed by atoms with Gasteiger partial charge in [-0.05, 0) is 54.5 Å². The largest absolute Gasteiger partial charge is 0.383 e. The minimum atomic E-state index is -0.186. The number of nitrogens with one attached hydrogen (secondary N) is 2. The van der Waals surface area contributed by atoms with Crippen LogP contribution in [0.5, 0.6) is 0 Å². The Kier molecular flexibility index (Phi) is 7.35. The van der Waals surface area contributed by atoms with Crippen molar-refractivity contribution in [3.8, 4) is 0 Å². The number of piperidine rings is 1. The van der Waals surface area contributed by atoms with E-state index >= 15 is 0 Å². The molecule has 4 rings (SSSR count). The summed E-state index contributed by atoms with van der Waals surface area (Å²) in [5.74, 6) is -0.186. The number of aryl methyl sites for hydroxylation is 1. The zero-order chi connectivity index (χ0) is 22.5. The molecule has 1 atom stereocenters. The van der Waals surface area contributed by atoms with Crippen LogP contribution in [0.25, 0.3) is 10.9 Å². The van der Waals surface area contributed by atoms with Crippen LogP contribution in [-0.4, -0.2) is 49.3 Å². The molecular weight excluding hydrogens is 405 g/mol. The predicted octanol–water partition coefficient (Wildman–Crippen LogP) is 4.02. The van der Waals surface area contributed by atoms with E-state index in [1.165, 1.54) is 6.07 Å². The Hall–Kier alpha value is -2.54. The number of fused-ring (bicyclic) bond motifs is 1. The zero-order valence-electron chi connectivity index (χ0n) is 18.9. The number of hydrogen-bond donors (Lipinski definition) is 2. The minimum absolute atomic E-state index is 0.0403. The van der Waals surface area contributed by atoms with Crippen LogP contribution < -0.4 is 10.9 Å². The Morgan fingerprint density at radius 2 is 1.97 bits per heavy atom. The molecule has 5 nitrogen and oxygen atoms in total. The summed E-state index contributed by atoms with van der Waals surface area (Å²) in [5, 5.41) is 4.54. The lowest BCUT2D eigenvalue weighted by molar-refractivity contribution is 0.150. The van der Waals surface area contributed by atoms with Crippen LogP contribution in [0.1, 0.15) is 42.5 Å². The van der Waals surface area contributed by atoms with E-state index in [1.807, 2.05) is 37.3 Å². The van der Waals surface area contributed by atoms with Gasteiger partial charge in [-0.15, -0.1) is 0 Å². The fourth-order valence-electron chi connectivity index (χ4n) is 4.71.